The Balaban J connectivity index is 1.02. The number of hydrogen-bond acceptors (Lipinski definition) is 8. The van der Waals surface area contributed by atoms with Crippen LogP contribution in [0.1, 0.15) is 87.9 Å². The summed E-state index contributed by atoms with van der Waals surface area (Å²) in [6.07, 6.45) is 5.40. The van der Waals surface area contributed by atoms with Gasteiger partial charge in [-0.3, -0.25) is 28.5 Å². The Hall–Kier alpha value is -5.70. The van der Waals surface area contributed by atoms with Crippen LogP contribution in [0.4, 0.5) is 4.39 Å². The minimum absolute atomic E-state index is 0.0285. The van der Waals surface area contributed by atoms with E-state index in [1.54, 1.807) is 42.4 Å². The fourth-order valence-electron chi connectivity index (χ4n) is 9.47. The average molecular weight is 839 g/mol. The van der Waals surface area contributed by atoms with Crippen molar-refractivity contribution in [3.05, 3.63) is 111 Å². The van der Waals surface area contributed by atoms with E-state index in [4.69, 9.17) is 4.52 Å². The molecule has 1 saturated carbocycles. The van der Waals surface area contributed by atoms with Crippen molar-refractivity contribution in [2.45, 2.75) is 80.9 Å². The molecule has 0 radical (unpaired) electrons. The number of likely N-dealkylation sites (tertiary alicyclic amines) is 1. The monoisotopic (exact) mass is 838 g/mol. The van der Waals surface area contributed by atoms with Crippen molar-refractivity contribution < 1.29 is 42.4 Å². The first-order valence-corrected chi connectivity index (χ1v) is 21.8. The lowest BCUT2D eigenvalue weighted by Crippen LogP contribution is -2.61. The van der Waals surface area contributed by atoms with Crippen LogP contribution in [0.15, 0.2) is 82.2 Å². The van der Waals surface area contributed by atoms with E-state index in [1.807, 2.05) is 24.0 Å². The molecule has 4 fully saturated rings. The highest BCUT2D eigenvalue weighted by molar-refractivity contribution is 7.51. The number of benzene rings is 3. The molecule has 3 saturated heterocycles. The Morgan fingerprint density at radius 3 is 2.50 bits per heavy atom. The summed E-state index contributed by atoms with van der Waals surface area (Å²) < 4.78 is 33.3. The van der Waals surface area contributed by atoms with Crippen LogP contribution >= 0.6 is 7.60 Å². The molecule has 1 spiro atoms. The SMILES string of the molecule is Cc1ccc2onc(C(=O)N3CC[C@H]4CC[C@@H](C(=O)N5C[C@@H](c6ccn(C)c(=O)c6)CC56CC6)N4C(=O)[C@@H](NC(=O)c4ccc5ccc([C@H](F)P(=O)(O)O)cc5c4)C3)c2c1. The first kappa shape index (κ1) is 39.7. The van der Waals surface area contributed by atoms with Gasteiger partial charge in [-0.1, -0.05) is 35.0 Å². The number of carbonyl (C=O) groups excluding carboxylic acids is 4. The largest absolute Gasteiger partial charge is 0.363 e. The van der Waals surface area contributed by atoms with E-state index >= 15 is 0 Å². The number of aryl methyl sites for hydroxylation is 2. The number of rotatable bonds is 7. The zero-order valence-electron chi connectivity index (χ0n) is 33.0. The summed E-state index contributed by atoms with van der Waals surface area (Å²) in [5.74, 6) is -4.43. The van der Waals surface area contributed by atoms with Gasteiger partial charge in [-0.25, -0.2) is 4.39 Å². The zero-order valence-corrected chi connectivity index (χ0v) is 33.9. The summed E-state index contributed by atoms with van der Waals surface area (Å²) in [4.78, 5) is 94.5. The van der Waals surface area contributed by atoms with Crippen molar-refractivity contribution in [2.24, 2.45) is 7.05 Å². The molecule has 5 heterocycles. The molecule has 3 N–H and O–H groups in total. The van der Waals surface area contributed by atoms with Gasteiger partial charge in [0.2, 0.25) is 17.7 Å². The lowest BCUT2D eigenvalue weighted by molar-refractivity contribution is -0.148. The van der Waals surface area contributed by atoms with Gasteiger partial charge in [0.15, 0.2) is 11.3 Å². The molecule has 3 aromatic carbocycles. The van der Waals surface area contributed by atoms with Gasteiger partial charge in [-0.05, 0) is 104 Å². The van der Waals surface area contributed by atoms with Crippen molar-refractivity contribution in [1.82, 2.24) is 29.7 Å². The van der Waals surface area contributed by atoms with Gasteiger partial charge in [-0.2, -0.15) is 0 Å². The van der Waals surface area contributed by atoms with Crippen molar-refractivity contribution in [1.29, 1.82) is 0 Å². The summed E-state index contributed by atoms with van der Waals surface area (Å²) in [7, 11) is -3.41. The molecule has 17 heteroatoms. The normalized spacial score (nSPS) is 23.1. The maximum atomic E-state index is 15.0. The highest BCUT2D eigenvalue weighted by Crippen LogP contribution is 2.55. The summed E-state index contributed by atoms with van der Waals surface area (Å²) in [6, 6.07) is 15.0. The molecule has 9 rings (SSSR count). The van der Waals surface area contributed by atoms with E-state index in [1.165, 1.54) is 39.8 Å². The quantitative estimate of drug-likeness (QED) is 0.194. The van der Waals surface area contributed by atoms with Gasteiger partial charge < -0.3 is 38.9 Å². The molecule has 0 unspecified atom stereocenters. The van der Waals surface area contributed by atoms with Crippen LogP contribution in [0.3, 0.4) is 0 Å². The minimum Gasteiger partial charge on any atom is -0.355 e. The average Bonchev–Trinajstić information content (AvgIpc) is 3.50. The molecule has 60 heavy (non-hydrogen) atoms. The second-order valence-corrected chi connectivity index (χ2v) is 18.5. The third-order valence-corrected chi connectivity index (χ3v) is 13.8. The van der Waals surface area contributed by atoms with Crippen LogP contribution < -0.4 is 10.9 Å². The summed E-state index contributed by atoms with van der Waals surface area (Å²) in [6.45, 7) is 2.26. The molecule has 3 aliphatic heterocycles. The van der Waals surface area contributed by atoms with Crippen LogP contribution in [0.2, 0.25) is 0 Å². The number of hydrogen-bond donors (Lipinski definition) is 3. The van der Waals surface area contributed by atoms with E-state index in [0.717, 1.165) is 30.4 Å². The Kier molecular flexibility index (Phi) is 9.79. The van der Waals surface area contributed by atoms with Gasteiger partial charge >= 0.3 is 7.60 Å². The molecule has 5 aromatic rings. The Morgan fingerprint density at radius 1 is 0.967 bits per heavy atom. The smallest absolute Gasteiger partial charge is 0.355 e. The van der Waals surface area contributed by atoms with E-state index in [9.17, 15) is 42.7 Å². The lowest BCUT2D eigenvalue weighted by atomic mass is 9.96. The molecule has 0 bridgehead atoms. The third kappa shape index (κ3) is 7.09. The highest BCUT2D eigenvalue weighted by Gasteiger charge is 2.58. The van der Waals surface area contributed by atoms with Crippen molar-refractivity contribution in [3.63, 3.8) is 0 Å². The van der Waals surface area contributed by atoms with Crippen molar-refractivity contribution >= 4 is 53.0 Å². The second kappa shape index (κ2) is 14.8. The third-order valence-electron chi connectivity index (χ3n) is 12.9. The molecular formula is C43H44FN6O9P. The summed E-state index contributed by atoms with van der Waals surface area (Å²) in [5.41, 5.74) is 1.63. The van der Waals surface area contributed by atoms with Gasteiger partial charge in [0.1, 0.15) is 12.1 Å². The maximum Gasteiger partial charge on any atom is 0.363 e. The van der Waals surface area contributed by atoms with E-state index in [-0.39, 0.29) is 52.8 Å². The number of amides is 4. The first-order valence-electron chi connectivity index (χ1n) is 20.1. The fourth-order valence-corrected chi connectivity index (χ4v) is 10.0. The number of pyridine rings is 1. The predicted octanol–water partition coefficient (Wildman–Crippen LogP) is 4.69. The highest BCUT2D eigenvalue weighted by atomic mass is 31.2. The molecule has 4 aliphatic rings. The van der Waals surface area contributed by atoms with Gasteiger partial charge in [0.25, 0.3) is 17.4 Å². The van der Waals surface area contributed by atoms with E-state index in [2.05, 4.69) is 10.5 Å². The number of halogens is 1. The minimum atomic E-state index is -5.10. The molecule has 15 nitrogen and oxygen atoms in total. The standard InChI is InChI=1S/C43H44FN6O9P/c1-24-3-10-35-32(17-24)37(46-59-35)42(55)48-16-12-31-8-9-34(41(54)49-22-30(21-43(49)13-14-43)26-11-15-47(2)36(51)20-26)50(31)40(53)33(23-48)45-39(52)28-7-5-25-4-6-27(18-29(25)19-28)38(44)60(56,57)58/h3-7,10-11,15,17-20,30-31,33-34,38H,8-9,12-14,16,21-23H2,1-2H3,(H,45,52)(H2,56,57,58)/t30-,31+,33-,34-,38+/m0/s1. The molecule has 5 atom stereocenters. The number of nitrogens with zero attached hydrogens (tertiary/aromatic N) is 5. The fraction of sp³-hybridized carbons (Fsp3) is 0.395. The van der Waals surface area contributed by atoms with Crippen LogP contribution in [-0.2, 0) is 21.2 Å². The number of carbonyl (C=O) groups is 4. The Labute approximate surface area is 343 Å². The van der Waals surface area contributed by atoms with Gasteiger partial charge in [0.05, 0.1) is 11.9 Å². The molecule has 4 amide bonds. The van der Waals surface area contributed by atoms with Crippen LogP contribution in [0, 0.1) is 6.92 Å². The first-order chi connectivity index (χ1) is 28.6. The van der Waals surface area contributed by atoms with Crippen molar-refractivity contribution in [2.75, 3.05) is 19.6 Å². The predicted molar refractivity (Wildman–Crippen MR) is 217 cm³/mol. The topological polar surface area (TPSA) is 196 Å². The van der Waals surface area contributed by atoms with Crippen LogP contribution in [0.25, 0.3) is 21.7 Å². The molecular weight excluding hydrogens is 794 g/mol. The number of fused-ring (bicyclic) bond motifs is 3. The van der Waals surface area contributed by atoms with Crippen molar-refractivity contribution in [3.8, 4) is 0 Å². The Bertz CT molecular complexity index is 2710. The molecule has 1 aliphatic carbocycles. The van der Waals surface area contributed by atoms with Crippen LogP contribution in [0.5, 0.6) is 0 Å². The zero-order chi connectivity index (χ0) is 42.2. The van der Waals surface area contributed by atoms with E-state index < -0.39 is 49.4 Å². The second-order valence-electron chi connectivity index (χ2n) is 16.8. The Morgan fingerprint density at radius 2 is 1.75 bits per heavy atom. The number of aromatic nitrogens is 2. The maximum absolute atomic E-state index is 15.0. The van der Waals surface area contributed by atoms with E-state index in [0.29, 0.717) is 47.5 Å². The van der Waals surface area contributed by atoms with Gasteiger partial charge in [0, 0.05) is 55.5 Å². The summed E-state index contributed by atoms with van der Waals surface area (Å²) >= 11 is 0. The van der Waals surface area contributed by atoms with Crippen LogP contribution in [-0.4, -0.2) is 101 Å². The number of nitrogens with one attached hydrogen (secondary N) is 1. The molecule has 2 aromatic heterocycles. The summed E-state index contributed by atoms with van der Waals surface area (Å²) in [5, 5.41) is 8.36. The van der Waals surface area contributed by atoms with Gasteiger partial charge in [-0.15, -0.1) is 0 Å². The molecule has 312 valence electrons. The number of alkyl halides is 1. The lowest BCUT2D eigenvalue weighted by Gasteiger charge is -2.40.